The fourth-order valence-corrected chi connectivity index (χ4v) is 4.56. The van der Waals surface area contributed by atoms with Crippen molar-refractivity contribution >= 4 is 33.1 Å². The van der Waals surface area contributed by atoms with E-state index < -0.39 is 0 Å². The minimum absolute atomic E-state index is 0.788. The molecule has 3 aromatic carbocycles. The lowest BCUT2D eigenvalue weighted by Crippen LogP contribution is -1.96. The van der Waals surface area contributed by atoms with Gasteiger partial charge in [0.2, 0.25) is 0 Å². The van der Waals surface area contributed by atoms with Crippen LogP contribution in [0.5, 0.6) is 11.5 Å². The van der Waals surface area contributed by atoms with Crippen molar-refractivity contribution in [1.29, 1.82) is 0 Å². The Morgan fingerprint density at radius 2 is 1.58 bits per heavy atom. The molecule has 152 valence electrons. The summed E-state index contributed by atoms with van der Waals surface area (Å²) in [5.41, 5.74) is 5.81. The van der Waals surface area contributed by atoms with E-state index in [1.165, 1.54) is 16.7 Å². The number of hydrogen-bond donors (Lipinski definition) is 1. The molecule has 0 spiro atoms. The van der Waals surface area contributed by atoms with Crippen LogP contribution in [0, 0.1) is 13.8 Å². The van der Waals surface area contributed by atoms with E-state index in [2.05, 4.69) is 52.7 Å². The van der Waals surface area contributed by atoms with Gasteiger partial charge in [0, 0.05) is 16.6 Å². The molecule has 4 nitrogen and oxygen atoms in total. The molecule has 0 unspecified atom stereocenters. The van der Waals surface area contributed by atoms with Gasteiger partial charge in [-0.25, -0.2) is 9.97 Å². The van der Waals surface area contributed by atoms with Gasteiger partial charge in [-0.1, -0.05) is 42.0 Å². The van der Waals surface area contributed by atoms with E-state index in [4.69, 9.17) is 4.74 Å². The van der Waals surface area contributed by atoms with Crippen LogP contribution in [0.15, 0.2) is 84.5 Å². The molecule has 0 amide bonds. The van der Waals surface area contributed by atoms with Crippen molar-refractivity contribution in [3.05, 3.63) is 95.6 Å². The zero-order chi connectivity index (χ0) is 21.2. The average molecular weight is 424 g/mol. The number of para-hydroxylation sites is 1. The predicted molar refractivity (Wildman–Crippen MR) is 129 cm³/mol. The van der Waals surface area contributed by atoms with E-state index >= 15 is 0 Å². The van der Waals surface area contributed by atoms with Crippen molar-refractivity contribution < 1.29 is 4.74 Å². The summed E-state index contributed by atoms with van der Waals surface area (Å²) in [6.07, 6.45) is 1.61. The molecule has 0 bridgehead atoms. The van der Waals surface area contributed by atoms with Crippen molar-refractivity contribution in [1.82, 2.24) is 9.97 Å². The lowest BCUT2D eigenvalue weighted by molar-refractivity contribution is 0.483. The number of nitrogens with zero attached hydrogens (tertiary/aromatic N) is 2. The van der Waals surface area contributed by atoms with Crippen LogP contribution in [-0.2, 0) is 0 Å². The zero-order valence-corrected chi connectivity index (χ0v) is 18.1. The molecular formula is C26H21N3OS. The minimum Gasteiger partial charge on any atom is -0.457 e. The number of anilines is 2. The number of fused-ring (bicyclic) bond motifs is 1. The first kappa shape index (κ1) is 19.3. The van der Waals surface area contributed by atoms with Crippen LogP contribution in [-0.4, -0.2) is 9.97 Å². The fraction of sp³-hybridized carbons (Fsp3) is 0.0769. The van der Waals surface area contributed by atoms with Gasteiger partial charge in [-0.2, -0.15) is 0 Å². The molecule has 0 saturated carbocycles. The first-order valence-corrected chi connectivity index (χ1v) is 11.0. The highest BCUT2D eigenvalue weighted by Gasteiger charge is 2.15. The number of hydrogen-bond acceptors (Lipinski definition) is 5. The number of benzene rings is 3. The van der Waals surface area contributed by atoms with Crippen molar-refractivity contribution in [2.24, 2.45) is 0 Å². The topological polar surface area (TPSA) is 47.0 Å². The van der Waals surface area contributed by atoms with Gasteiger partial charge in [0.05, 0.1) is 5.39 Å². The SMILES string of the molecule is Cc1ccc(-c2csc3ncnc(Nc4ccc(Oc5ccccc5)cc4)c23)c(C)c1. The smallest absolute Gasteiger partial charge is 0.143 e. The van der Waals surface area contributed by atoms with Gasteiger partial charge in [-0.3, -0.25) is 0 Å². The number of thiophene rings is 1. The Labute approximate surface area is 185 Å². The lowest BCUT2D eigenvalue weighted by atomic mass is 9.99. The predicted octanol–water partition coefficient (Wildman–Crippen LogP) is 7.51. The second-order valence-electron chi connectivity index (χ2n) is 7.43. The molecular weight excluding hydrogens is 402 g/mol. The quantitative estimate of drug-likeness (QED) is 0.318. The van der Waals surface area contributed by atoms with E-state index in [1.807, 2.05) is 54.6 Å². The molecule has 1 N–H and O–H groups in total. The molecule has 31 heavy (non-hydrogen) atoms. The highest BCUT2D eigenvalue weighted by molar-refractivity contribution is 7.17. The second-order valence-corrected chi connectivity index (χ2v) is 8.29. The Morgan fingerprint density at radius 3 is 2.35 bits per heavy atom. The third-order valence-electron chi connectivity index (χ3n) is 5.14. The normalized spacial score (nSPS) is 10.9. The second kappa shape index (κ2) is 8.20. The van der Waals surface area contributed by atoms with Gasteiger partial charge < -0.3 is 10.1 Å². The molecule has 5 rings (SSSR count). The minimum atomic E-state index is 0.788. The molecule has 0 aliphatic carbocycles. The van der Waals surface area contributed by atoms with Crippen molar-refractivity contribution in [3.63, 3.8) is 0 Å². The molecule has 2 aromatic heterocycles. The number of aryl methyl sites for hydroxylation is 2. The summed E-state index contributed by atoms with van der Waals surface area (Å²) in [5.74, 6) is 2.41. The van der Waals surface area contributed by atoms with E-state index in [-0.39, 0.29) is 0 Å². The number of rotatable bonds is 5. The summed E-state index contributed by atoms with van der Waals surface area (Å²) in [7, 11) is 0. The van der Waals surface area contributed by atoms with Gasteiger partial charge in [-0.15, -0.1) is 11.3 Å². The van der Waals surface area contributed by atoms with Crippen molar-refractivity contribution in [3.8, 4) is 22.6 Å². The van der Waals surface area contributed by atoms with Crippen LogP contribution < -0.4 is 10.1 Å². The first-order valence-electron chi connectivity index (χ1n) is 10.1. The van der Waals surface area contributed by atoms with Gasteiger partial charge in [-0.05, 0) is 61.4 Å². The van der Waals surface area contributed by atoms with Gasteiger partial charge in [0.1, 0.15) is 28.5 Å². The van der Waals surface area contributed by atoms with Crippen LogP contribution in [0.3, 0.4) is 0 Å². The summed E-state index contributed by atoms with van der Waals surface area (Å²) in [4.78, 5) is 10.0. The van der Waals surface area contributed by atoms with Crippen LogP contribution in [0.1, 0.15) is 11.1 Å². The van der Waals surface area contributed by atoms with Gasteiger partial charge in [0.15, 0.2) is 0 Å². The Kier molecular flexibility index (Phi) is 5.10. The fourth-order valence-electron chi connectivity index (χ4n) is 3.65. The number of aromatic nitrogens is 2. The van der Waals surface area contributed by atoms with Crippen LogP contribution in [0.2, 0.25) is 0 Å². The van der Waals surface area contributed by atoms with Gasteiger partial charge >= 0.3 is 0 Å². The van der Waals surface area contributed by atoms with E-state index in [1.54, 1.807) is 17.7 Å². The maximum Gasteiger partial charge on any atom is 0.143 e. The molecule has 2 heterocycles. The monoisotopic (exact) mass is 423 g/mol. The molecule has 0 atom stereocenters. The van der Waals surface area contributed by atoms with E-state index in [0.29, 0.717) is 0 Å². The summed E-state index contributed by atoms with van der Waals surface area (Å²) in [5, 5.41) is 6.68. The molecule has 5 aromatic rings. The molecule has 0 aliphatic heterocycles. The number of ether oxygens (including phenoxy) is 1. The molecule has 5 heteroatoms. The average Bonchev–Trinajstić information content (AvgIpc) is 3.21. The van der Waals surface area contributed by atoms with Crippen LogP contribution in [0.25, 0.3) is 21.3 Å². The van der Waals surface area contributed by atoms with Crippen molar-refractivity contribution in [2.75, 3.05) is 5.32 Å². The third kappa shape index (κ3) is 4.00. The maximum atomic E-state index is 5.89. The highest BCUT2D eigenvalue weighted by atomic mass is 32.1. The lowest BCUT2D eigenvalue weighted by Gasteiger charge is -2.11. The molecule has 0 radical (unpaired) electrons. The van der Waals surface area contributed by atoms with E-state index in [9.17, 15) is 0 Å². The maximum absolute atomic E-state index is 5.89. The Bertz CT molecular complexity index is 1340. The Morgan fingerprint density at radius 1 is 0.806 bits per heavy atom. The van der Waals surface area contributed by atoms with Crippen molar-refractivity contribution in [2.45, 2.75) is 13.8 Å². The summed E-state index contributed by atoms with van der Waals surface area (Å²) in [6.45, 7) is 4.26. The largest absolute Gasteiger partial charge is 0.457 e. The van der Waals surface area contributed by atoms with E-state index in [0.717, 1.165) is 38.8 Å². The molecule has 0 saturated heterocycles. The zero-order valence-electron chi connectivity index (χ0n) is 17.3. The van der Waals surface area contributed by atoms with Crippen LogP contribution >= 0.6 is 11.3 Å². The number of nitrogens with one attached hydrogen (secondary N) is 1. The summed E-state index contributed by atoms with van der Waals surface area (Å²) < 4.78 is 5.89. The highest BCUT2D eigenvalue weighted by Crippen LogP contribution is 2.39. The Hall–Kier alpha value is -3.70. The Balaban J connectivity index is 1.46. The third-order valence-corrected chi connectivity index (χ3v) is 6.02. The molecule has 0 aliphatic rings. The standard InChI is InChI=1S/C26H21N3OS/c1-17-8-13-22(18(2)14-17)23-15-31-26-24(23)25(27-16-28-26)29-19-9-11-21(12-10-19)30-20-6-4-3-5-7-20/h3-16H,1-2H3,(H,27,28,29). The summed E-state index contributed by atoms with van der Waals surface area (Å²) in [6, 6.07) is 24.2. The summed E-state index contributed by atoms with van der Waals surface area (Å²) >= 11 is 1.64. The van der Waals surface area contributed by atoms with Crippen LogP contribution in [0.4, 0.5) is 11.5 Å². The van der Waals surface area contributed by atoms with Gasteiger partial charge in [0.25, 0.3) is 0 Å². The molecule has 0 fully saturated rings. The first-order chi connectivity index (χ1) is 15.2.